The van der Waals surface area contributed by atoms with Gasteiger partial charge in [0, 0.05) is 25.5 Å². The minimum Gasteiger partial charge on any atom is -0.348 e. The first-order valence-corrected chi connectivity index (χ1v) is 8.26. The summed E-state index contributed by atoms with van der Waals surface area (Å²) >= 11 is 1.37. The number of H-pyrrole nitrogens is 1. The molecule has 0 aliphatic heterocycles. The zero-order valence-corrected chi connectivity index (χ0v) is 13.3. The summed E-state index contributed by atoms with van der Waals surface area (Å²) in [6.45, 7) is 0.317. The van der Waals surface area contributed by atoms with Crippen molar-refractivity contribution >= 4 is 27.4 Å². The second-order valence-electron chi connectivity index (χ2n) is 5.70. The summed E-state index contributed by atoms with van der Waals surface area (Å²) in [7, 11) is 1.78. The van der Waals surface area contributed by atoms with Crippen LogP contribution in [0.1, 0.15) is 24.7 Å². The second kappa shape index (κ2) is 5.31. The number of hydrogen-bond donors (Lipinski definition) is 1. The highest BCUT2D eigenvalue weighted by atomic mass is 32.1. The van der Waals surface area contributed by atoms with Crippen LogP contribution in [0.4, 0.5) is 5.82 Å². The summed E-state index contributed by atoms with van der Waals surface area (Å²) in [6, 6.07) is 2.12. The summed E-state index contributed by atoms with van der Waals surface area (Å²) in [6.07, 6.45) is 5.45. The van der Waals surface area contributed by atoms with E-state index in [1.165, 1.54) is 11.3 Å². The first-order valence-electron chi connectivity index (χ1n) is 7.38. The number of rotatable bonds is 4. The third-order valence-electron chi connectivity index (χ3n) is 3.90. The van der Waals surface area contributed by atoms with Gasteiger partial charge in [0.2, 0.25) is 0 Å². The molecular weight excluding hydrogens is 314 g/mol. The molecule has 0 saturated heterocycles. The fraction of sp³-hybridized carbons (Fsp3) is 0.333. The first kappa shape index (κ1) is 14.1. The van der Waals surface area contributed by atoms with Crippen LogP contribution in [0.3, 0.4) is 0 Å². The molecule has 8 heteroatoms. The Morgan fingerprint density at radius 2 is 2.26 bits per heavy atom. The Morgan fingerprint density at radius 1 is 1.43 bits per heavy atom. The van der Waals surface area contributed by atoms with Gasteiger partial charge in [0.25, 0.3) is 11.1 Å². The minimum absolute atomic E-state index is 0.101. The van der Waals surface area contributed by atoms with E-state index in [2.05, 4.69) is 15.0 Å². The summed E-state index contributed by atoms with van der Waals surface area (Å²) < 4.78 is 2.35. The fourth-order valence-corrected chi connectivity index (χ4v) is 3.34. The maximum Gasteiger partial charge on any atom is 0.293 e. The smallest absolute Gasteiger partial charge is 0.293 e. The lowest BCUT2D eigenvalue weighted by molar-refractivity contribution is 0.688. The summed E-state index contributed by atoms with van der Waals surface area (Å²) in [5, 5.41) is 1.84. The van der Waals surface area contributed by atoms with Crippen molar-refractivity contribution in [1.82, 2.24) is 19.5 Å². The zero-order chi connectivity index (χ0) is 16.0. The van der Waals surface area contributed by atoms with Crippen LogP contribution in [-0.2, 0) is 6.54 Å². The van der Waals surface area contributed by atoms with Gasteiger partial charge in [-0.05, 0) is 24.3 Å². The lowest BCUT2D eigenvalue weighted by Gasteiger charge is -2.17. The molecule has 7 nitrogen and oxygen atoms in total. The SMILES string of the molecule is CN(Cc1nc2ccsc2c(=O)[nH]1)c1nccn(C2CC2)c1=O. The highest BCUT2D eigenvalue weighted by Gasteiger charge is 2.26. The van der Waals surface area contributed by atoms with E-state index in [1.807, 2.05) is 11.4 Å². The van der Waals surface area contributed by atoms with Crippen LogP contribution in [0.25, 0.3) is 10.2 Å². The molecule has 1 aliphatic rings. The van der Waals surface area contributed by atoms with Gasteiger partial charge in [-0.1, -0.05) is 0 Å². The number of hydrogen-bond acceptors (Lipinski definition) is 6. The number of aromatic amines is 1. The van der Waals surface area contributed by atoms with Crippen LogP contribution < -0.4 is 16.0 Å². The molecular formula is C15H15N5O2S. The third-order valence-corrected chi connectivity index (χ3v) is 4.80. The number of fused-ring (bicyclic) bond motifs is 1. The monoisotopic (exact) mass is 329 g/mol. The van der Waals surface area contributed by atoms with E-state index >= 15 is 0 Å². The van der Waals surface area contributed by atoms with E-state index in [0.29, 0.717) is 34.4 Å². The van der Waals surface area contributed by atoms with Crippen LogP contribution in [0.2, 0.25) is 0 Å². The van der Waals surface area contributed by atoms with Crippen LogP contribution >= 0.6 is 11.3 Å². The Hall–Kier alpha value is -2.48. The highest BCUT2D eigenvalue weighted by Crippen LogP contribution is 2.33. The summed E-state index contributed by atoms with van der Waals surface area (Å²) in [5.74, 6) is 0.888. The number of nitrogens with one attached hydrogen (secondary N) is 1. The van der Waals surface area contributed by atoms with Gasteiger partial charge in [-0.3, -0.25) is 9.59 Å². The molecule has 0 aromatic carbocycles. The number of anilines is 1. The minimum atomic E-state index is -0.148. The van der Waals surface area contributed by atoms with Crippen molar-refractivity contribution < 1.29 is 0 Å². The van der Waals surface area contributed by atoms with Gasteiger partial charge in [0.05, 0.1) is 12.1 Å². The van der Waals surface area contributed by atoms with Crippen LogP contribution in [0.15, 0.2) is 33.4 Å². The molecule has 0 radical (unpaired) electrons. The largest absolute Gasteiger partial charge is 0.348 e. The Balaban J connectivity index is 1.66. The van der Waals surface area contributed by atoms with Crippen molar-refractivity contribution in [1.29, 1.82) is 0 Å². The first-order chi connectivity index (χ1) is 11.1. The van der Waals surface area contributed by atoms with Crippen LogP contribution in [-0.4, -0.2) is 26.6 Å². The molecule has 1 N–H and O–H groups in total. The average molecular weight is 329 g/mol. The van der Waals surface area contributed by atoms with Crippen molar-refractivity contribution in [2.45, 2.75) is 25.4 Å². The van der Waals surface area contributed by atoms with Gasteiger partial charge in [-0.2, -0.15) is 0 Å². The van der Waals surface area contributed by atoms with Gasteiger partial charge in [0.15, 0.2) is 5.82 Å². The zero-order valence-electron chi connectivity index (χ0n) is 12.5. The predicted octanol–water partition coefficient (Wildman–Crippen LogP) is 1.51. The third kappa shape index (κ3) is 2.55. The van der Waals surface area contributed by atoms with Crippen molar-refractivity contribution in [3.63, 3.8) is 0 Å². The van der Waals surface area contributed by atoms with Gasteiger partial charge in [-0.15, -0.1) is 11.3 Å². The van der Waals surface area contributed by atoms with Gasteiger partial charge in [-0.25, -0.2) is 9.97 Å². The molecule has 0 bridgehead atoms. The van der Waals surface area contributed by atoms with E-state index in [9.17, 15) is 9.59 Å². The molecule has 0 amide bonds. The van der Waals surface area contributed by atoms with E-state index in [1.54, 1.807) is 28.9 Å². The van der Waals surface area contributed by atoms with Crippen molar-refractivity contribution in [3.8, 4) is 0 Å². The van der Waals surface area contributed by atoms with E-state index in [4.69, 9.17) is 0 Å². The number of thiophene rings is 1. The Morgan fingerprint density at radius 3 is 3.04 bits per heavy atom. The number of aromatic nitrogens is 4. The van der Waals surface area contributed by atoms with Crippen molar-refractivity contribution in [2.75, 3.05) is 11.9 Å². The normalized spacial score (nSPS) is 14.3. The fourth-order valence-electron chi connectivity index (χ4n) is 2.61. The molecule has 1 fully saturated rings. The molecule has 118 valence electrons. The van der Waals surface area contributed by atoms with Gasteiger partial charge < -0.3 is 14.5 Å². The maximum absolute atomic E-state index is 12.5. The van der Waals surface area contributed by atoms with Crippen molar-refractivity contribution in [2.24, 2.45) is 0 Å². The molecule has 3 heterocycles. The average Bonchev–Trinajstić information content (AvgIpc) is 3.25. The quantitative estimate of drug-likeness (QED) is 0.784. The lowest BCUT2D eigenvalue weighted by Crippen LogP contribution is -2.31. The maximum atomic E-state index is 12.5. The molecule has 0 atom stereocenters. The standard InChI is InChI=1S/C15H15N5O2S/c1-19(13-15(22)20(6-5-16-13)9-2-3-9)8-11-17-10-4-7-23-12(10)14(21)18-11/h4-7,9H,2-3,8H2,1H3,(H,17,18,21). The molecule has 3 aromatic rings. The van der Waals surface area contributed by atoms with Crippen LogP contribution in [0.5, 0.6) is 0 Å². The summed E-state index contributed by atoms with van der Waals surface area (Å²) in [4.78, 5) is 37.6. The molecule has 3 aromatic heterocycles. The molecule has 0 unspecified atom stereocenters. The summed E-state index contributed by atoms with van der Waals surface area (Å²) in [5.41, 5.74) is 0.430. The second-order valence-corrected chi connectivity index (χ2v) is 6.61. The molecule has 1 aliphatic carbocycles. The molecule has 1 saturated carbocycles. The molecule has 0 spiro atoms. The van der Waals surface area contributed by atoms with Crippen molar-refractivity contribution in [3.05, 3.63) is 50.4 Å². The lowest BCUT2D eigenvalue weighted by atomic mass is 10.4. The topological polar surface area (TPSA) is 83.9 Å². The van der Waals surface area contributed by atoms with Gasteiger partial charge in [0.1, 0.15) is 10.5 Å². The Bertz CT molecular complexity index is 985. The molecule has 23 heavy (non-hydrogen) atoms. The van der Waals surface area contributed by atoms with E-state index in [0.717, 1.165) is 12.8 Å². The van der Waals surface area contributed by atoms with Crippen LogP contribution in [0, 0.1) is 0 Å². The Kier molecular flexibility index (Phi) is 3.26. The van der Waals surface area contributed by atoms with E-state index < -0.39 is 0 Å². The van der Waals surface area contributed by atoms with Gasteiger partial charge >= 0.3 is 0 Å². The predicted molar refractivity (Wildman–Crippen MR) is 89.1 cm³/mol. The molecule has 4 rings (SSSR count). The number of nitrogens with zero attached hydrogens (tertiary/aromatic N) is 4. The highest BCUT2D eigenvalue weighted by molar-refractivity contribution is 7.17. The van der Waals surface area contributed by atoms with E-state index in [-0.39, 0.29) is 11.1 Å². The Labute approximate surface area is 135 Å².